The Bertz CT molecular complexity index is 418. The fraction of sp³-hybridized carbons (Fsp3) is 0.500. The molecule has 0 spiro atoms. The molecule has 0 radical (unpaired) electrons. The summed E-state index contributed by atoms with van der Waals surface area (Å²) in [5, 5.41) is 2.62. The van der Waals surface area contributed by atoms with E-state index >= 15 is 0 Å². The van der Waals surface area contributed by atoms with Gasteiger partial charge >= 0.3 is 0 Å². The maximum Gasteiger partial charge on any atom is 0.251 e. The van der Waals surface area contributed by atoms with E-state index in [1.807, 2.05) is 13.1 Å². The van der Waals surface area contributed by atoms with Crippen molar-refractivity contribution in [1.82, 2.24) is 5.32 Å². The van der Waals surface area contributed by atoms with Gasteiger partial charge in [-0.25, -0.2) is 0 Å². The standard InChI is InChI=1S/C14H23N3O/c1-5-10(2)9-17(4)13-8-11(14(18)16-3)6-7-12(13)15/h6-8,10H,5,9,15H2,1-4H3,(H,16,18). The van der Waals surface area contributed by atoms with Crippen LogP contribution in [0.1, 0.15) is 30.6 Å². The number of nitrogen functional groups attached to an aromatic ring is 1. The summed E-state index contributed by atoms with van der Waals surface area (Å²) in [5.41, 5.74) is 8.23. The van der Waals surface area contributed by atoms with E-state index in [4.69, 9.17) is 5.73 Å². The molecule has 0 saturated heterocycles. The number of amides is 1. The van der Waals surface area contributed by atoms with Gasteiger partial charge in [0, 0.05) is 26.2 Å². The van der Waals surface area contributed by atoms with Crippen molar-refractivity contribution in [2.75, 3.05) is 31.3 Å². The molecule has 0 bridgehead atoms. The molecule has 0 aliphatic rings. The largest absolute Gasteiger partial charge is 0.397 e. The number of hydrogen-bond donors (Lipinski definition) is 2. The molecule has 18 heavy (non-hydrogen) atoms. The van der Waals surface area contributed by atoms with E-state index in [2.05, 4.69) is 24.1 Å². The van der Waals surface area contributed by atoms with Crippen molar-refractivity contribution in [3.05, 3.63) is 23.8 Å². The maximum absolute atomic E-state index is 11.6. The number of hydrogen-bond acceptors (Lipinski definition) is 3. The Kier molecular flexibility index (Phi) is 5.01. The van der Waals surface area contributed by atoms with Crippen LogP contribution in [0.2, 0.25) is 0 Å². The van der Waals surface area contributed by atoms with Crippen molar-refractivity contribution in [2.24, 2.45) is 5.92 Å². The molecule has 3 N–H and O–H groups in total. The first-order chi connectivity index (χ1) is 8.49. The predicted octanol–water partition coefficient (Wildman–Crippen LogP) is 2.11. The molecule has 100 valence electrons. The average Bonchev–Trinajstić information content (AvgIpc) is 2.37. The van der Waals surface area contributed by atoms with E-state index in [0.29, 0.717) is 17.2 Å². The first-order valence-corrected chi connectivity index (χ1v) is 6.32. The molecule has 0 aliphatic carbocycles. The second kappa shape index (κ2) is 6.28. The maximum atomic E-state index is 11.6. The molecule has 4 nitrogen and oxygen atoms in total. The lowest BCUT2D eigenvalue weighted by atomic mass is 10.1. The minimum Gasteiger partial charge on any atom is -0.397 e. The quantitative estimate of drug-likeness (QED) is 0.786. The minimum atomic E-state index is -0.0896. The Labute approximate surface area is 109 Å². The first kappa shape index (κ1) is 14.4. The van der Waals surface area contributed by atoms with Crippen LogP contribution in [-0.2, 0) is 0 Å². The highest BCUT2D eigenvalue weighted by Gasteiger charge is 2.11. The number of carbonyl (C=O) groups is 1. The third kappa shape index (κ3) is 3.39. The second-order valence-electron chi connectivity index (χ2n) is 4.75. The van der Waals surface area contributed by atoms with Crippen LogP contribution in [0.25, 0.3) is 0 Å². The van der Waals surface area contributed by atoms with Crippen molar-refractivity contribution < 1.29 is 4.79 Å². The topological polar surface area (TPSA) is 58.4 Å². The molecule has 0 fully saturated rings. The van der Waals surface area contributed by atoms with Crippen molar-refractivity contribution in [2.45, 2.75) is 20.3 Å². The van der Waals surface area contributed by atoms with E-state index in [0.717, 1.165) is 18.7 Å². The number of nitrogens with two attached hydrogens (primary N) is 1. The summed E-state index contributed by atoms with van der Waals surface area (Å²) in [7, 11) is 3.63. The molecular formula is C14H23N3O. The normalized spacial score (nSPS) is 12.0. The molecular weight excluding hydrogens is 226 g/mol. The Morgan fingerprint density at radius 1 is 1.50 bits per heavy atom. The zero-order valence-corrected chi connectivity index (χ0v) is 11.7. The van der Waals surface area contributed by atoms with Gasteiger partial charge in [0.25, 0.3) is 5.91 Å². The molecule has 0 heterocycles. The highest BCUT2D eigenvalue weighted by Crippen LogP contribution is 2.24. The molecule has 1 atom stereocenters. The van der Waals surface area contributed by atoms with E-state index in [-0.39, 0.29) is 5.91 Å². The number of carbonyl (C=O) groups excluding carboxylic acids is 1. The Morgan fingerprint density at radius 3 is 2.72 bits per heavy atom. The number of benzene rings is 1. The summed E-state index contributed by atoms with van der Waals surface area (Å²) in [6.07, 6.45) is 1.12. The fourth-order valence-electron chi connectivity index (χ4n) is 1.85. The van der Waals surface area contributed by atoms with Gasteiger partial charge in [-0.15, -0.1) is 0 Å². The van der Waals surface area contributed by atoms with E-state index < -0.39 is 0 Å². The first-order valence-electron chi connectivity index (χ1n) is 6.32. The fourth-order valence-corrected chi connectivity index (χ4v) is 1.85. The van der Waals surface area contributed by atoms with E-state index in [9.17, 15) is 4.79 Å². The van der Waals surface area contributed by atoms with E-state index in [1.54, 1.807) is 19.2 Å². The van der Waals surface area contributed by atoms with Gasteiger partial charge in [0.2, 0.25) is 0 Å². The van der Waals surface area contributed by atoms with Gasteiger partial charge in [-0.1, -0.05) is 20.3 Å². The summed E-state index contributed by atoms with van der Waals surface area (Å²) in [6.45, 7) is 5.30. The predicted molar refractivity (Wildman–Crippen MR) is 77.0 cm³/mol. The summed E-state index contributed by atoms with van der Waals surface area (Å²) in [6, 6.07) is 5.37. The minimum absolute atomic E-state index is 0.0896. The summed E-state index contributed by atoms with van der Waals surface area (Å²) >= 11 is 0. The molecule has 1 aromatic rings. The molecule has 4 heteroatoms. The Morgan fingerprint density at radius 2 is 2.17 bits per heavy atom. The molecule has 1 rings (SSSR count). The summed E-state index contributed by atoms with van der Waals surface area (Å²) in [4.78, 5) is 13.7. The van der Waals surface area contributed by atoms with Crippen molar-refractivity contribution in [1.29, 1.82) is 0 Å². The highest BCUT2D eigenvalue weighted by atomic mass is 16.1. The third-order valence-electron chi connectivity index (χ3n) is 3.21. The van der Waals surface area contributed by atoms with Crippen LogP contribution in [0.5, 0.6) is 0 Å². The van der Waals surface area contributed by atoms with Crippen molar-refractivity contribution >= 4 is 17.3 Å². The second-order valence-corrected chi connectivity index (χ2v) is 4.75. The van der Waals surface area contributed by atoms with Crippen LogP contribution in [0, 0.1) is 5.92 Å². The van der Waals surface area contributed by atoms with Gasteiger partial charge in [-0.2, -0.15) is 0 Å². The van der Waals surface area contributed by atoms with Crippen molar-refractivity contribution in [3.8, 4) is 0 Å². The summed E-state index contributed by atoms with van der Waals surface area (Å²) in [5.74, 6) is 0.506. The van der Waals surface area contributed by atoms with Crippen molar-refractivity contribution in [3.63, 3.8) is 0 Å². The van der Waals surface area contributed by atoms with Crippen LogP contribution in [0.4, 0.5) is 11.4 Å². The van der Waals surface area contributed by atoms with E-state index in [1.165, 1.54) is 0 Å². The average molecular weight is 249 g/mol. The zero-order valence-electron chi connectivity index (χ0n) is 11.7. The smallest absolute Gasteiger partial charge is 0.251 e. The molecule has 0 aromatic heterocycles. The van der Waals surface area contributed by atoms with Crippen LogP contribution in [0.3, 0.4) is 0 Å². The van der Waals surface area contributed by atoms with Gasteiger partial charge in [-0.05, 0) is 24.1 Å². The number of anilines is 2. The lowest BCUT2D eigenvalue weighted by Crippen LogP contribution is -2.25. The monoisotopic (exact) mass is 249 g/mol. The van der Waals surface area contributed by atoms with Crippen LogP contribution < -0.4 is 16.0 Å². The molecule has 1 unspecified atom stereocenters. The van der Waals surface area contributed by atoms with Gasteiger partial charge < -0.3 is 16.0 Å². The number of nitrogens with zero attached hydrogens (tertiary/aromatic N) is 1. The van der Waals surface area contributed by atoms with Gasteiger partial charge in [-0.3, -0.25) is 4.79 Å². The molecule has 0 aliphatic heterocycles. The number of rotatable bonds is 5. The highest BCUT2D eigenvalue weighted by molar-refractivity contribution is 5.96. The molecule has 1 amide bonds. The Hall–Kier alpha value is -1.71. The lowest BCUT2D eigenvalue weighted by molar-refractivity contribution is 0.0963. The Balaban J connectivity index is 2.96. The van der Waals surface area contributed by atoms with Gasteiger partial charge in [0.05, 0.1) is 11.4 Å². The lowest BCUT2D eigenvalue weighted by Gasteiger charge is -2.24. The van der Waals surface area contributed by atoms with Crippen LogP contribution >= 0.6 is 0 Å². The summed E-state index contributed by atoms with van der Waals surface area (Å²) < 4.78 is 0. The van der Waals surface area contributed by atoms with Crippen LogP contribution in [-0.4, -0.2) is 26.5 Å². The number of nitrogens with one attached hydrogen (secondary N) is 1. The van der Waals surface area contributed by atoms with Crippen LogP contribution in [0.15, 0.2) is 18.2 Å². The molecule has 1 aromatic carbocycles. The SMILES string of the molecule is CCC(C)CN(C)c1cc(C(=O)NC)ccc1N. The zero-order chi connectivity index (χ0) is 13.7. The molecule has 0 saturated carbocycles. The third-order valence-corrected chi connectivity index (χ3v) is 3.21. The van der Waals surface area contributed by atoms with Gasteiger partial charge in [0.1, 0.15) is 0 Å². The van der Waals surface area contributed by atoms with Gasteiger partial charge in [0.15, 0.2) is 0 Å².